The Morgan fingerprint density at radius 3 is 2.33 bits per heavy atom. The summed E-state index contributed by atoms with van der Waals surface area (Å²) in [5.74, 6) is 0.966. The monoisotopic (exact) mass is 324 g/mol. The second kappa shape index (κ2) is 8.32. The molecule has 0 amide bonds. The fraction of sp³-hybridized carbons (Fsp3) is 0.429. The van der Waals surface area contributed by atoms with Crippen LogP contribution in [-0.4, -0.2) is 37.7 Å². The highest BCUT2D eigenvalue weighted by Crippen LogP contribution is 2.17. The number of ether oxygens (including phenoxy) is 1. The Hall–Kier alpha value is -1.84. The normalized spacial score (nSPS) is 15.4. The van der Waals surface area contributed by atoms with Gasteiger partial charge in [0.1, 0.15) is 5.75 Å². The smallest absolute Gasteiger partial charge is 0.119 e. The van der Waals surface area contributed by atoms with Gasteiger partial charge in [0.05, 0.1) is 6.61 Å². The minimum absolute atomic E-state index is 0.722. The molecule has 0 aliphatic carbocycles. The fourth-order valence-corrected chi connectivity index (χ4v) is 3.03. The van der Waals surface area contributed by atoms with Gasteiger partial charge in [0, 0.05) is 39.1 Å². The molecular formula is C21H28N2O. The molecule has 0 spiro atoms. The van der Waals surface area contributed by atoms with Crippen molar-refractivity contribution >= 4 is 0 Å². The van der Waals surface area contributed by atoms with E-state index in [1.807, 2.05) is 0 Å². The maximum atomic E-state index is 5.88. The van der Waals surface area contributed by atoms with Crippen molar-refractivity contribution < 1.29 is 4.74 Å². The molecular weight excluding hydrogens is 296 g/mol. The van der Waals surface area contributed by atoms with E-state index in [1.165, 1.54) is 22.3 Å². The molecule has 3 nitrogen and oxygen atoms in total. The summed E-state index contributed by atoms with van der Waals surface area (Å²) in [7, 11) is 0. The first-order chi connectivity index (χ1) is 11.7. The summed E-state index contributed by atoms with van der Waals surface area (Å²) in [6.45, 7) is 10.5. The van der Waals surface area contributed by atoms with E-state index in [2.05, 4.69) is 66.5 Å². The van der Waals surface area contributed by atoms with Crippen molar-refractivity contribution in [1.29, 1.82) is 0 Å². The molecule has 3 heteroatoms. The molecule has 0 atom stereocenters. The van der Waals surface area contributed by atoms with Crippen LogP contribution < -0.4 is 10.1 Å². The van der Waals surface area contributed by atoms with Crippen molar-refractivity contribution in [3.8, 4) is 5.75 Å². The molecule has 1 fully saturated rings. The maximum absolute atomic E-state index is 5.88. The third-order valence-corrected chi connectivity index (χ3v) is 4.78. The number of benzene rings is 2. The Balaban J connectivity index is 1.46. The molecule has 0 radical (unpaired) electrons. The van der Waals surface area contributed by atoms with Gasteiger partial charge < -0.3 is 10.1 Å². The van der Waals surface area contributed by atoms with Gasteiger partial charge in [0.2, 0.25) is 0 Å². The third kappa shape index (κ3) is 4.83. The van der Waals surface area contributed by atoms with Crippen LogP contribution in [0.5, 0.6) is 5.75 Å². The molecule has 1 N–H and O–H groups in total. The molecule has 1 aliphatic rings. The molecule has 1 heterocycles. The molecule has 1 saturated heterocycles. The fourth-order valence-electron chi connectivity index (χ4n) is 3.03. The van der Waals surface area contributed by atoms with E-state index in [9.17, 15) is 0 Å². The van der Waals surface area contributed by atoms with Crippen LogP contribution in [0, 0.1) is 13.8 Å². The number of rotatable bonds is 6. The zero-order valence-corrected chi connectivity index (χ0v) is 14.8. The van der Waals surface area contributed by atoms with E-state index < -0.39 is 0 Å². The Bertz CT molecular complexity index is 645. The molecule has 24 heavy (non-hydrogen) atoms. The van der Waals surface area contributed by atoms with E-state index in [4.69, 9.17) is 4.74 Å². The van der Waals surface area contributed by atoms with Crippen LogP contribution >= 0.6 is 0 Å². The molecule has 0 bridgehead atoms. The number of hydrogen-bond donors (Lipinski definition) is 1. The predicted molar refractivity (Wildman–Crippen MR) is 99.7 cm³/mol. The van der Waals surface area contributed by atoms with Gasteiger partial charge in [-0.15, -0.1) is 0 Å². The average molecular weight is 324 g/mol. The number of piperazine rings is 1. The Labute approximate surface area is 145 Å². The largest absolute Gasteiger partial charge is 0.493 e. The van der Waals surface area contributed by atoms with Crippen LogP contribution in [-0.2, 0) is 13.0 Å². The van der Waals surface area contributed by atoms with Gasteiger partial charge in [-0.05, 0) is 48.2 Å². The summed E-state index contributed by atoms with van der Waals surface area (Å²) >= 11 is 0. The first-order valence-corrected chi connectivity index (χ1v) is 8.92. The number of nitrogens with one attached hydrogen (secondary N) is 1. The number of aryl methyl sites for hydroxylation is 2. The molecule has 0 unspecified atom stereocenters. The van der Waals surface area contributed by atoms with E-state index in [1.54, 1.807) is 0 Å². The lowest BCUT2D eigenvalue weighted by atomic mass is 10.1. The summed E-state index contributed by atoms with van der Waals surface area (Å²) < 4.78 is 5.88. The Morgan fingerprint density at radius 2 is 1.62 bits per heavy atom. The molecule has 2 aromatic rings. The van der Waals surface area contributed by atoms with Crippen molar-refractivity contribution in [3.05, 3.63) is 64.7 Å². The molecule has 0 aromatic heterocycles. The van der Waals surface area contributed by atoms with Crippen molar-refractivity contribution in [1.82, 2.24) is 10.2 Å². The van der Waals surface area contributed by atoms with Crippen LogP contribution in [0.3, 0.4) is 0 Å². The second-order valence-corrected chi connectivity index (χ2v) is 6.69. The number of nitrogens with zero attached hydrogens (tertiary/aromatic N) is 1. The molecule has 0 saturated carbocycles. The third-order valence-electron chi connectivity index (χ3n) is 4.78. The second-order valence-electron chi connectivity index (χ2n) is 6.69. The topological polar surface area (TPSA) is 24.5 Å². The van der Waals surface area contributed by atoms with Crippen molar-refractivity contribution in [2.45, 2.75) is 26.8 Å². The molecule has 3 rings (SSSR count). The lowest BCUT2D eigenvalue weighted by molar-refractivity contribution is 0.233. The first kappa shape index (κ1) is 17.0. The summed E-state index contributed by atoms with van der Waals surface area (Å²) in [5, 5.41) is 3.40. The van der Waals surface area contributed by atoms with Gasteiger partial charge in [0.25, 0.3) is 0 Å². The standard InChI is InChI=1S/C21H28N2O/c1-17-3-8-21(15-18(17)2)24-14-9-19-4-6-20(7-5-19)16-23-12-10-22-11-13-23/h3-8,15,22H,9-14,16H2,1-2H3. The van der Waals surface area contributed by atoms with Crippen LogP contribution in [0.4, 0.5) is 0 Å². The zero-order chi connectivity index (χ0) is 16.8. The van der Waals surface area contributed by atoms with Gasteiger partial charge in [0.15, 0.2) is 0 Å². The van der Waals surface area contributed by atoms with Crippen molar-refractivity contribution in [2.75, 3.05) is 32.8 Å². The van der Waals surface area contributed by atoms with E-state index in [0.717, 1.165) is 51.5 Å². The molecule has 128 valence electrons. The minimum atomic E-state index is 0.722. The predicted octanol–water partition coefficient (Wildman–Crippen LogP) is 3.33. The highest BCUT2D eigenvalue weighted by molar-refractivity contribution is 5.33. The van der Waals surface area contributed by atoms with Crippen molar-refractivity contribution in [3.63, 3.8) is 0 Å². The zero-order valence-electron chi connectivity index (χ0n) is 14.8. The van der Waals surface area contributed by atoms with E-state index >= 15 is 0 Å². The van der Waals surface area contributed by atoms with Crippen LogP contribution in [0.15, 0.2) is 42.5 Å². The van der Waals surface area contributed by atoms with Gasteiger partial charge in [-0.25, -0.2) is 0 Å². The van der Waals surface area contributed by atoms with Gasteiger partial charge >= 0.3 is 0 Å². The first-order valence-electron chi connectivity index (χ1n) is 8.92. The maximum Gasteiger partial charge on any atom is 0.119 e. The van der Waals surface area contributed by atoms with Crippen LogP contribution in [0.1, 0.15) is 22.3 Å². The lowest BCUT2D eigenvalue weighted by Gasteiger charge is -2.27. The SMILES string of the molecule is Cc1ccc(OCCc2ccc(CN3CCNCC3)cc2)cc1C. The number of hydrogen-bond acceptors (Lipinski definition) is 3. The van der Waals surface area contributed by atoms with Gasteiger partial charge in [-0.2, -0.15) is 0 Å². The van der Waals surface area contributed by atoms with E-state index in [-0.39, 0.29) is 0 Å². The summed E-state index contributed by atoms with van der Waals surface area (Å²) in [6.07, 6.45) is 0.945. The van der Waals surface area contributed by atoms with Gasteiger partial charge in [-0.1, -0.05) is 30.3 Å². The average Bonchev–Trinajstić information content (AvgIpc) is 2.60. The summed E-state index contributed by atoms with van der Waals surface area (Å²) in [5.41, 5.74) is 5.32. The Kier molecular flexibility index (Phi) is 5.89. The summed E-state index contributed by atoms with van der Waals surface area (Å²) in [4.78, 5) is 2.51. The molecule has 1 aliphatic heterocycles. The minimum Gasteiger partial charge on any atom is -0.493 e. The quantitative estimate of drug-likeness (QED) is 0.882. The summed E-state index contributed by atoms with van der Waals surface area (Å²) in [6, 6.07) is 15.3. The molecule has 2 aromatic carbocycles. The Morgan fingerprint density at radius 1 is 0.917 bits per heavy atom. The lowest BCUT2D eigenvalue weighted by Crippen LogP contribution is -2.42. The van der Waals surface area contributed by atoms with E-state index in [0.29, 0.717) is 0 Å². The van der Waals surface area contributed by atoms with Crippen LogP contribution in [0.2, 0.25) is 0 Å². The van der Waals surface area contributed by atoms with Gasteiger partial charge in [-0.3, -0.25) is 4.90 Å². The highest BCUT2D eigenvalue weighted by Gasteiger charge is 2.09. The van der Waals surface area contributed by atoms with Crippen LogP contribution in [0.25, 0.3) is 0 Å². The highest BCUT2D eigenvalue weighted by atomic mass is 16.5. The van der Waals surface area contributed by atoms with Crippen molar-refractivity contribution in [2.24, 2.45) is 0 Å².